The van der Waals surface area contributed by atoms with Gasteiger partial charge in [-0.3, -0.25) is 9.79 Å². The van der Waals surface area contributed by atoms with Crippen LogP contribution in [0.3, 0.4) is 0 Å². The standard InChI is InChI=1S/C21H20BrF2N5OS.C2H6/c1-10-17-18(28-20(25)31-21(10,17)19(30)29(2)3)12-6-11(4-5-13(12)23)7-14(24)15-8-27-16(22)9-26-15;1-2/h4-10,17-18H,1-3H3,(H2,25,28);1-2H3/b14-7-;/t10-,17?,18?,21?;/m0./s1. The lowest BCUT2D eigenvalue weighted by Gasteiger charge is -2.27. The van der Waals surface area contributed by atoms with Crippen molar-refractivity contribution in [1.29, 1.82) is 0 Å². The molecule has 3 unspecified atom stereocenters. The molecule has 1 aromatic carbocycles. The largest absolute Gasteiger partial charge is 0.378 e. The number of halogens is 3. The highest BCUT2D eigenvalue weighted by molar-refractivity contribution is 9.10. The highest BCUT2D eigenvalue weighted by atomic mass is 79.9. The third-order valence-corrected chi connectivity index (χ3v) is 7.60. The minimum Gasteiger partial charge on any atom is -0.378 e. The second-order valence-electron chi connectivity index (χ2n) is 7.82. The molecule has 33 heavy (non-hydrogen) atoms. The predicted molar refractivity (Wildman–Crippen MR) is 132 cm³/mol. The molecule has 0 saturated heterocycles. The lowest BCUT2D eigenvalue weighted by atomic mass is 9.97. The molecule has 1 fully saturated rings. The Bertz CT molecular complexity index is 1110. The Balaban J connectivity index is 0.00000149. The highest BCUT2D eigenvalue weighted by Crippen LogP contribution is 2.68. The SMILES string of the molecule is CC.C[C@H]1C2C(c3cc(/C=C(\F)c4cnc(Br)cn4)ccc3F)N=C(N)SC21C(=O)N(C)C. The van der Waals surface area contributed by atoms with Crippen molar-refractivity contribution in [2.24, 2.45) is 22.6 Å². The summed E-state index contributed by atoms with van der Waals surface area (Å²) in [5, 5.41) is 0.248. The zero-order chi connectivity index (χ0) is 24.5. The van der Waals surface area contributed by atoms with Gasteiger partial charge in [-0.2, -0.15) is 0 Å². The number of thioether (sulfide) groups is 1. The van der Waals surface area contributed by atoms with E-state index in [0.717, 1.165) is 0 Å². The Morgan fingerprint density at radius 2 is 1.97 bits per heavy atom. The van der Waals surface area contributed by atoms with Crippen molar-refractivity contribution in [3.8, 4) is 0 Å². The molecule has 0 radical (unpaired) electrons. The topological polar surface area (TPSA) is 84.5 Å². The molecule has 1 aromatic heterocycles. The zero-order valence-corrected chi connectivity index (χ0v) is 21.4. The Morgan fingerprint density at radius 3 is 2.58 bits per heavy atom. The molecule has 0 spiro atoms. The molecule has 2 aliphatic rings. The molecule has 10 heteroatoms. The van der Waals surface area contributed by atoms with Crippen LogP contribution < -0.4 is 5.73 Å². The first-order valence-electron chi connectivity index (χ1n) is 10.5. The number of hydrogen-bond acceptors (Lipinski definition) is 6. The maximum absolute atomic E-state index is 14.8. The van der Waals surface area contributed by atoms with Gasteiger partial charge in [0.05, 0.1) is 18.4 Å². The number of benzene rings is 1. The Kier molecular flexibility index (Phi) is 7.58. The number of amides is 1. The molecule has 2 aromatic rings. The van der Waals surface area contributed by atoms with E-state index in [4.69, 9.17) is 5.73 Å². The molecule has 4 atom stereocenters. The third-order valence-electron chi connectivity index (χ3n) is 5.72. The predicted octanol–water partition coefficient (Wildman–Crippen LogP) is 5.07. The second-order valence-corrected chi connectivity index (χ2v) is 9.93. The monoisotopic (exact) mass is 537 g/mol. The summed E-state index contributed by atoms with van der Waals surface area (Å²) < 4.78 is 29.2. The van der Waals surface area contributed by atoms with Gasteiger partial charge in [0.1, 0.15) is 20.9 Å². The summed E-state index contributed by atoms with van der Waals surface area (Å²) in [7, 11) is 3.38. The quantitative estimate of drug-likeness (QED) is 0.588. The number of amidine groups is 1. The fourth-order valence-electron chi connectivity index (χ4n) is 4.18. The van der Waals surface area contributed by atoms with E-state index in [0.29, 0.717) is 10.2 Å². The number of carbonyl (C=O) groups excluding carboxylic acids is 1. The van der Waals surface area contributed by atoms with Crippen molar-refractivity contribution in [3.05, 3.63) is 57.8 Å². The van der Waals surface area contributed by atoms with E-state index in [-0.39, 0.29) is 34.2 Å². The molecule has 1 amide bonds. The van der Waals surface area contributed by atoms with Crippen LogP contribution in [0.5, 0.6) is 0 Å². The van der Waals surface area contributed by atoms with E-state index < -0.39 is 22.4 Å². The second kappa shape index (κ2) is 9.89. The Morgan fingerprint density at radius 1 is 1.27 bits per heavy atom. The van der Waals surface area contributed by atoms with Crippen LogP contribution in [0.15, 0.2) is 40.2 Å². The van der Waals surface area contributed by atoms with E-state index in [1.807, 2.05) is 20.8 Å². The van der Waals surface area contributed by atoms with Crippen molar-refractivity contribution in [2.45, 2.75) is 31.6 Å². The van der Waals surface area contributed by atoms with E-state index in [9.17, 15) is 13.6 Å². The van der Waals surface area contributed by atoms with E-state index >= 15 is 0 Å². The van der Waals surface area contributed by atoms with Gasteiger partial charge in [0.25, 0.3) is 0 Å². The number of rotatable bonds is 4. The molecule has 176 valence electrons. The number of hydrogen-bond donors (Lipinski definition) is 1. The van der Waals surface area contributed by atoms with Crippen molar-refractivity contribution >= 4 is 50.7 Å². The number of carbonyl (C=O) groups is 1. The first-order chi connectivity index (χ1) is 15.6. The number of nitrogens with two attached hydrogens (primary N) is 1. The fraction of sp³-hybridized carbons (Fsp3) is 0.391. The van der Waals surface area contributed by atoms with Crippen LogP contribution in [-0.2, 0) is 4.79 Å². The summed E-state index contributed by atoms with van der Waals surface area (Å²) in [6.45, 7) is 5.95. The summed E-state index contributed by atoms with van der Waals surface area (Å²) >= 11 is 4.40. The molecular weight excluding hydrogens is 512 g/mol. The fourth-order valence-corrected chi connectivity index (χ4v) is 5.90. The van der Waals surface area contributed by atoms with E-state index in [1.54, 1.807) is 20.2 Å². The average Bonchev–Trinajstić information content (AvgIpc) is 3.40. The van der Waals surface area contributed by atoms with Gasteiger partial charge in [0.2, 0.25) is 5.91 Å². The molecule has 1 aliphatic carbocycles. The third kappa shape index (κ3) is 4.68. The smallest absolute Gasteiger partial charge is 0.239 e. The molecular formula is C23H26BrF2N5OS. The summed E-state index contributed by atoms with van der Waals surface area (Å²) in [5.41, 5.74) is 6.85. The minimum atomic E-state index is -0.753. The van der Waals surface area contributed by atoms with Crippen LogP contribution in [0, 0.1) is 17.7 Å². The average molecular weight is 538 g/mol. The van der Waals surface area contributed by atoms with Gasteiger partial charge in [-0.25, -0.2) is 18.7 Å². The normalized spacial score (nSPS) is 25.9. The van der Waals surface area contributed by atoms with Gasteiger partial charge in [-0.1, -0.05) is 38.6 Å². The van der Waals surface area contributed by atoms with Crippen molar-refractivity contribution in [1.82, 2.24) is 14.9 Å². The Labute approximate surface area is 204 Å². The summed E-state index contributed by atoms with van der Waals surface area (Å²) in [5.74, 6) is -1.36. The highest BCUT2D eigenvalue weighted by Gasteiger charge is 2.73. The molecule has 2 heterocycles. The summed E-state index contributed by atoms with van der Waals surface area (Å²) in [6.07, 6.45) is 3.96. The molecule has 6 nitrogen and oxygen atoms in total. The lowest BCUT2D eigenvalue weighted by molar-refractivity contribution is -0.129. The van der Waals surface area contributed by atoms with Crippen LogP contribution in [0.1, 0.15) is 43.6 Å². The van der Waals surface area contributed by atoms with E-state index in [2.05, 4.69) is 30.9 Å². The number of aromatic nitrogens is 2. The summed E-state index contributed by atoms with van der Waals surface area (Å²) in [4.78, 5) is 26.8. The van der Waals surface area contributed by atoms with Crippen molar-refractivity contribution in [3.63, 3.8) is 0 Å². The van der Waals surface area contributed by atoms with E-state index in [1.165, 1.54) is 47.3 Å². The summed E-state index contributed by atoms with van der Waals surface area (Å²) in [6, 6.07) is 3.68. The molecule has 4 rings (SSSR count). The molecule has 0 bridgehead atoms. The maximum atomic E-state index is 14.8. The first kappa shape index (κ1) is 25.3. The first-order valence-corrected chi connectivity index (χ1v) is 12.1. The Hall–Kier alpha value is -2.33. The van der Waals surface area contributed by atoms with Crippen LogP contribution in [0.4, 0.5) is 8.78 Å². The van der Waals surface area contributed by atoms with Crippen LogP contribution >= 0.6 is 27.7 Å². The minimum absolute atomic E-state index is 0.0319. The van der Waals surface area contributed by atoms with Gasteiger partial charge in [0, 0.05) is 25.6 Å². The van der Waals surface area contributed by atoms with Gasteiger partial charge in [-0.05, 0) is 45.6 Å². The lowest BCUT2D eigenvalue weighted by Crippen LogP contribution is -2.39. The van der Waals surface area contributed by atoms with Crippen molar-refractivity contribution in [2.75, 3.05) is 14.1 Å². The van der Waals surface area contributed by atoms with Crippen LogP contribution in [0.2, 0.25) is 0 Å². The maximum Gasteiger partial charge on any atom is 0.239 e. The zero-order valence-electron chi connectivity index (χ0n) is 19.0. The molecule has 1 saturated carbocycles. The van der Waals surface area contributed by atoms with Crippen LogP contribution in [0.25, 0.3) is 11.9 Å². The van der Waals surface area contributed by atoms with Crippen LogP contribution in [-0.4, -0.2) is 44.8 Å². The van der Waals surface area contributed by atoms with Gasteiger partial charge >= 0.3 is 0 Å². The number of fused-ring (bicyclic) bond motifs is 1. The van der Waals surface area contributed by atoms with Gasteiger partial charge in [-0.15, -0.1) is 0 Å². The van der Waals surface area contributed by atoms with Gasteiger partial charge < -0.3 is 10.6 Å². The molecule has 1 aliphatic heterocycles. The number of aliphatic imine (C=N–C) groups is 1. The number of nitrogens with zero attached hydrogens (tertiary/aromatic N) is 4. The van der Waals surface area contributed by atoms with Gasteiger partial charge in [0.15, 0.2) is 11.0 Å². The molecule has 2 N–H and O–H groups in total. The van der Waals surface area contributed by atoms with Crippen molar-refractivity contribution < 1.29 is 13.6 Å².